The van der Waals surface area contributed by atoms with Crippen LogP contribution < -0.4 is 5.73 Å². The molecule has 1 atom stereocenters. The van der Waals surface area contributed by atoms with E-state index in [4.69, 9.17) is 10.8 Å². The van der Waals surface area contributed by atoms with Crippen molar-refractivity contribution in [3.8, 4) is 11.3 Å². The van der Waals surface area contributed by atoms with E-state index in [9.17, 15) is 4.79 Å². The van der Waals surface area contributed by atoms with Crippen LogP contribution in [0.2, 0.25) is 0 Å². The van der Waals surface area contributed by atoms with Gasteiger partial charge in [0.05, 0.1) is 12.1 Å². The van der Waals surface area contributed by atoms with Gasteiger partial charge in [0, 0.05) is 30.9 Å². The number of aromatic nitrogens is 2. The van der Waals surface area contributed by atoms with Gasteiger partial charge >= 0.3 is 0 Å². The average Bonchev–Trinajstić information content (AvgIpc) is 3.12. The van der Waals surface area contributed by atoms with Gasteiger partial charge in [0.25, 0.3) is 5.91 Å². The Labute approximate surface area is 177 Å². The van der Waals surface area contributed by atoms with E-state index in [0.29, 0.717) is 18.7 Å². The second-order valence-electron chi connectivity index (χ2n) is 7.59. The lowest BCUT2D eigenvalue weighted by molar-refractivity contribution is 0.0709. The van der Waals surface area contributed by atoms with E-state index >= 15 is 0 Å². The van der Waals surface area contributed by atoms with Crippen molar-refractivity contribution in [2.24, 2.45) is 5.73 Å². The van der Waals surface area contributed by atoms with Crippen molar-refractivity contribution in [1.82, 2.24) is 14.7 Å². The number of carbonyl (C=O) groups excluding carboxylic acids is 1. The second-order valence-corrected chi connectivity index (χ2v) is 7.59. The molecule has 5 nitrogen and oxygen atoms in total. The summed E-state index contributed by atoms with van der Waals surface area (Å²) in [5.74, 6) is 0.0186. The van der Waals surface area contributed by atoms with Gasteiger partial charge in [-0.2, -0.15) is 5.10 Å². The van der Waals surface area contributed by atoms with Gasteiger partial charge in [0.15, 0.2) is 0 Å². The molecule has 0 aliphatic carbocycles. The fourth-order valence-electron chi connectivity index (χ4n) is 3.72. The summed E-state index contributed by atoms with van der Waals surface area (Å²) in [5, 5.41) is 4.78. The van der Waals surface area contributed by atoms with E-state index in [1.807, 2.05) is 46.1 Å². The van der Waals surface area contributed by atoms with Crippen molar-refractivity contribution in [3.05, 3.63) is 77.5 Å². The first-order valence-corrected chi connectivity index (χ1v) is 9.83. The van der Waals surface area contributed by atoms with Gasteiger partial charge in [0.1, 0.15) is 5.69 Å². The van der Waals surface area contributed by atoms with Crippen LogP contribution in [0.5, 0.6) is 0 Å². The van der Waals surface area contributed by atoms with Crippen LogP contribution >= 0.6 is 12.4 Å². The summed E-state index contributed by atoms with van der Waals surface area (Å²) in [6.07, 6.45) is 3.80. The molecule has 2 N–H and O–H groups in total. The highest BCUT2D eigenvalue weighted by Crippen LogP contribution is 2.25. The fraction of sp³-hybridized carbons (Fsp3) is 0.304. The Balaban J connectivity index is 0.00000240. The van der Waals surface area contributed by atoms with E-state index in [1.54, 1.807) is 0 Å². The van der Waals surface area contributed by atoms with Crippen molar-refractivity contribution < 1.29 is 4.79 Å². The molecule has 152 valence electrons. The molecule has 1 unspecified atom stereocenters. The van der Waals surface area contributed by atoms with Crippen molar-refractivity contribution >= 4 is 18.3 Å². The molecule has 0 spiro atoms. The smallest absolute Gasteiger partial charge is 0.257 e. The summed E-state index contributed by atoms with van der Waals surface area (Å²) in [6.45, 7) is 4.05. The van der Waals surface area contributed by atoms with Crippen molar-refractivity contribution in [2.45, 2.75) is 32.4 Å². The number of piperidine rings is 1. The number of nitrogens with two attached hydrogens (primary N) is 1. The van der Waals surface area contributed by atoms with Crippen LogP contribution in [0, 0.1) is 6.92 Å². The van der Waals surface area contributed by atoms with E-state index in [-0.39, 0.29) is 24.4 Å². The maximum Gasteiger partial charge on any atom is 0.257 e. The first kappa shape index (κ1) is 21.1. The highest BCUT2D eigenvalue weighted by Gasteiger charge is 2.26. The number of benzene rings is 2. The van der Waals surface area contributed by atoms with Gasteiger partial charge in [-0.3, -0.25) is 9.48 Å². The minimum atomic E-state index is 0. The first-order chi connectivity index (χ1) is 13.6. The summed E-state index contributed by atoms with van der Waals surface area (Å²) in [5.41, 5.74) is 10.8. The third-order valence-electron chi connectivity index (χ3n) is 5.25. The number of likely N-dealkylation sites (tertiary alicyclic amines) is 1. The Morgan fingerprint density at radius 1 is 1.14 bits per heavy atom. The Hall–Kier alpha value is -2.63. The van der Waals surface area contributed by atoms with Crippen LogP contribution in [0.1, 0.15) is 34.3 Å². The molecule has 1 aliphatic heterocycles. The third-order valence-corrected chi connectivity index (χ3v) is 5.25. The fourth-order valence-corrected chi connectivity index (χ4v) is 3.72. The molecule has 1 fully saturated rings. The number of halogens is 1. The van der Waals surface area contributed by atoms with Gasteiger partial charge in [-0.15, -0.1) is 12.4 Å². The second kappa shape index (κ2) is 9.25. The zero-order chi connectivity index (χ0) is 19.5. The molecule has 0 saturated carbocycles. The molecule has 0 bridgehead atoms. The molecule has 1 aliphatic rings. The Morgan fingerprint density at radius 2 is 1.86 bits per heavy atom. The van der Waals surface area contributed by atoms with Crippen LogP contribution in [0.4, 0.5) is 0 Å². The molecule has 1 amide bonds. The predicted molar refractivity (Wildman–Crippen MR) is 118 cm³/mol. The number of amides is 1. The van der Waals surface area contributed by atoms with E-state index < -0.39 is 0 Å². The molecule has 29 heavy (non-hydrogen) atoms. The van der Waals surface area contributed by atoms with Gasteiger partial charge in [-0.1, -0.05) is 60.2 Å². The van der Waals surface area contributed by atoms with Crippen LogP contribution in [0.25, 0.3) is 11.3 Å². The maximum atomic E-state index is 13.3. The van der Waals surface area contributed by atoms with Gasteiger partial charge in [-0.25, -0.2) is 0 Å². The molecule has 1 saturated heterocycles. The standard InChI is InChI=1S/C23H26N4O.ClH/c1-17-9-11-19(12-10-17)22-21(23(28)26-13-5-8-20(24)15-26)16-27(25-22)14-18-6-3-2-4-7-18;/h2-4,6-7,9-12,16,20H,5,8,13-15,24H2,1H3;1H. The SMILES string of the molecule is Cc1ccc(-c2nn(Cc3ccccc3)cc2C(=O)N2CCCC(N)C2)cc1.Cl. The number of nitrogens with zero attached hydrogens (tertiary/aromatic N) is 3. The maximum absolute atomic E-state index is 13.3. The molecule has 6 heteroatoms. The van der Waals surface area contributed by atoms with Gasteiger partial charge < -0.3 is 10.6 Å². The highest BCUT2D eigenvalue weighted by molar-refractivity contribution is 6.00. The lowest BCUT2D eigenvalue weighted by Crippen LogP contribution is -2.45. The minimum Gasteiger partial charge on any atom is -0.337 e. The number of rotatable bonds is 4. The molecule has 4 rings (SSSR count). The predicted octanol–water partition coefficient (Wildman–Crippen LogP) is 3.89. The monoisotopic (exact) mass is 410 g/mol. The van der Waals surface area contributed by atoms with Gasteiger partial charge in [0.2, 0.25) is 0 Å². The van der Waals surface area contributed by atoms with Crippen molar-refractivity contribution in [1.29, 1.82) is 0 Å². The van der Waals surface area contributed by atoms with E-state index in [1.165, 1.54) is 5.56 Å². The Kier molecular flexibility index (Phi) is 6.72. The average molecular weight is 411 g/mol. The Bertz CT molecular complexity index is 953. The summed E-state index contributed by atoms with van der Waals surface area (Å²) < 4.78 is 1.86. The van der Waals surface area contributed by atoms with Gasteiger partial charge in [-0.05, 0) is 25.3 Å². The summed E-state index contributed by atoms with van der Waals surface area (Å²) >= 11 is 0. The van der Waals surface area contributed by atoms with Crippen LogP contribution in [0.3, 0.4) is 0 Å². The number of hydrogen-bond donors (Lipinski definition) is 1. The normalized spacial score (nSPS) is 16.3. The summed E-state index contributed by atoms with van der Waals surface area (Å²) in [4.78, 5) is 15.2. The summed E-state index contributed by atoms with van der Waals surface area (Å²) in [6, 6.07) is 18.4. The Morgan fingerprint density at radius 3 is 2.55 bits per heavy atom. The highest BCUT2D eigenvalue weighted by atomic mass is 35.5. The molecular formula is C23H27ClN4O. The van der Waals surface area contributed by atoms with Crippen LogP contribution in [-0.2, 0) is 6.54 Å². The van der Waals surface area contributed by atoms with Crippen LogP contribution in [-0.4, -0.2) is 39.7 Å². The third kappa shape index (κ3) is 4.86. The molecular weight excluding hydrogens is 384 g/mol. The summed E-state index contributed by atoms with van der Waals surface area (Å²) in [7, 11) is 0. The van der Waals surface area contributed by atoms with E-state index in [0.717, 1.165) is 36.2 Å². The number of hydrogen-bond acceptors (Lipinski definition) is 3. The molecule has 2 aromatic carbocycles. The number of carbonyl (C=O) groups is 1. The lowest BCUT2D eigenvalue weighted by atomic mass is 10.0. The lowest BCUT2D eigenvalue weighted by Gasteiger charge is -2.30. The molecule has 0 radical (unpaired) electrons. The number of aryl methyl sites for hydroxylation is 1. The topological polar surface area (TPSA) is 64.2 Å². The van der Waals surface area contributed by atoms with E-state index in [2.05, 4.69) is 31.2 Å². The van der Waals surface area contributed by atoms with Crippen molar-refractivity contribution in [2.75, 3.05) is 13.1 Å². The quantitative estimate of drug-likeness (QED) is 0.709. The minimum absolute atomic E-state index is 0. The first-order valence-electron chi connectivity index (χ1n) is 9.83. The zero-order valence-corrected chi connectivity index (χ0v) is 17.4. The largest absolute Gasteiger partial charge is 0.337 e. The molecule has 1 aromatic heterocycles. The zero-order valence-electron chi connectivity index (χ0n) is 16.6. The molecule has 2 heterocycles. The molecule has 3 aromatic rings. The van der Waals surface area contributed by atoms with Crippen molar-refractivity contribution in [3.63, 3.8) is 0 Å². The van der Waals surface area contributed by atoms with Crippen LogP contribution in [0.15, 0.2) is 60.8 Å².